The summed E-state index contributed by atoms with van der Waals surface area (Å²) in [7, 11) is 0. The Morgan fingerprint density at radius 3 is 1.89 bits per heavy atom. The van der Waals surface area contributed by atoms with Gasteiger partial charge in [-0.25, -0.2) is 0 Å². The predicted molar refractivity (Wildman–Crippen MR) is 114 cm³/mol. The van der Waals surface area contributed by atoms with Gasteiger partial charge in [-0.3, -0.25) is 0 Å². The maximum atomic E-state index is 9.40. The van der Waals surface area contributed by atoms with Crippen molar-refractivity contribution in [2.45, 2.75) is 96.7 Å². The average Bonchev–Trinajstić information content (AvgIpc) is 2.71. The summed E-state index contributed by atoms with van der Waals surface area (Å²) >= 11 is 0. The van der Waals surface area contributed by atoms with Crippen molar-refractivity contribution in [3.63, 3.8) is 0 Å². The predicted octanol–water partition coefficient (Wildman–Crippen LogP) is 6.28. The van der Waals surface area contributed by atoms with Crippen molar-refractivity contribution in [3.05, 3.63) is 35.9 Å². The number of aliphatic hydroxyl groups is 1. The van der Waals surface area contributed by atoms with E-state index in [-0.39, 0.29) is 12.7 Å². The molecular weight excluding hydrogens is 336 g/mol. The van der Waals surface area contributed by atoms with E-state index in [0.717, 1.165) is 18.6 Å². The SMILES string of the molecule is CCCCCCCCCCCCCCOCC(CO)OCc1ccccc1. The first kappa shape index (κ1) is 24.1. The molecule has 27 heavy (non-hydrogen) atoms. The van der Waals surface area contributed by atoms with Gasteiger partial charge in [0.1, 0.15) is 6.10 Å². The molecule has 1 aromatic rings. The van der Waals surface area contributed by atoms with Crippen LogP contribution in [0, 0.1) is 0 Å². The van der Waals surface area contributed by atoms with Gasteiger partial charge in [0.15, 0.2) is 0 Å². The van der Waals surface area contributed by atoms with Gasteiger partial charge in [0, 0.05) is 6.61 Å². The Morgan fingerprint density at radius 2 is 1.33 bits per heavy atom. The van der Waals surface area contributed by atoms with E-state index < -0.39 is 0 Å². The van der Waals surface area contributed by atoms with Crippen molar-refractivity contribution < 1.29 is 14.6 Å². The minimum atomic E-state index is -0.234. The summed E-state index contributed by atoms with van der Waals surface area (Å²) in [5.41, 5.74) is 1.12. The minimum Gasteiger partial charge on any atom is -0.394 e. The van der Waals surface area contributed by atoms with Crippen LogP contribution in [0.2, 0.25) is 0 Å². The van der Waals surface area contributed by atoms with Gasteiger partial charge in [0.25, 0.3) is 0 Å². The van der Waals surface area contributed by atoms with Crippen LogP contribution in [0.4, 0.5) is 0 Å². The maximum Gasteiger partial charge on any atom is 0.104 e. The first-order valence-electron chi connectivity index (χ1n) is 11.2. The van der Waals surface area contributed by atoms with Gasteiger partial charge in [-0.15, -0.1) is 0 Å². The van der Waals surface area contributed by atoms with E-state index in [4.69, 9.17) is 9.47 Å². The Bertz CT molecular complexity index is 407. The summed E-state index contributed by atoms with van der Waals surface area (Å²) in [6, 6.07) is 10.0. The molecule has 1 aromatic carbocycles. The first-order valence-corrected chi connectivity index (χ1v) is 11.2. The molecular formula is C24H42O3. The van der Waals surface area contributed by atoms with Crippen LogP contribution in [0.3, 0.4) is 0 Å². The van der Waals surface area contributed by atoms with Crippen molar-refractivity contribution in [2.75, 3.05) is 19.8 Å². The molecule has 3 heteroatoms. The van der Waals surface area contributed by atoms with Gasteiger partial charge in [-0.1, -0.05) is 108 Å². The Labute approximate surface area is 167 Å². The number of ether oxygens (including phenoxy) is 2. The largest absolute Gasteiger partial charge is 0.394 e. The molecule has 1 rings (SSSR count). The first-order chi connectivity index (χ1) is 13.4. The molecule has 0 spiro atoms. The van der Waals surface area contributed by atoms with Gasteiger partial charge in [0.2, 0.25) is 0 Å². The number of hydrogen-bond acceptors (Lipinski definition) is 3. The van der Waals surface area contributed by atoms with E-state index in [9.17, 15) is 5.11 Å². The van der Waals surface area contributed by atoms with Crippen molar-refractivity contribution in [1.29, 1.82) is 0 Å². The molecule has 0 saturated heterocycles. The Balaban J connectivity index is 1.84. The standard InChI is InChI=1S/C24H42O3/c1-2-3-4-5-6-7-8-9-10-11-12-16-19-26-22-24(20-25)27-21-23-17-14-13-15-18-23/h13-15,17-18,24-25H,2-12,16,19-22H2,1H3. The van der Waals surface area contributed by atoms with Crippen LogP contribution >= 0.6 is 0 Å². The molecule has 1 atom stereocenters. The second kappa shape index (κ2) is 18.5. The Morgan fingerprint density at radius 1 is 0.778 bits per heavy atom. The molecule has 0 aliphatic heterocycles. The van der Waals surface area contributed by atoms with E-state index in [1.807, 2.05) is 30.3 Å². The molecule has 0 amide bonds. The summed E-state index contributed by atoms with van der Waals surface area (Å²) in [5, 5.41) is 9.40. The van der Waals surface area contributed by atoms with E-state index in [1.54, 1.807) is 0 Å². The zero-order valence-corrected chi connectivity index (χ0v) is 17.5. The highest BCUT2D eigenvalue weighted by Crippen LogP contribution is 2.12. The molecule has 0 bridgehead atoms. The lowest BCUT2D eigenvalue weighted by atomic mass is 10.1. The van der Waals surface area contributed by atoms with Crippen molar-refractivity contribution >= 4 is 0 Å². The number of aliphatic hydroxyl groups excluding tert-OH is 1. The highest BCUT2D eigenvalue weighted by atomic mass is 16.5. The van der Waals surface area contributed by atoms with Crippen LogP contribution in [0.25, 0.3) is 0 Å². The monoisotopic (exact) mass is 378 g/mol. The van der Waals surface area contributed by atoms with Crippen LogP contribution in [0.5, 0.6) is 0 Å². The quantitative estimate of drug-likeness (QED) is 0.288. The molecule has 0 fully saturated rings. The zero-order valence-electron chi connectivity index (χ0n) is 17.5. The molecule has 0 aliphatic carbocycles. The fraction of sp³-hybridized carbons (Fsp3) is 0.750. The lowest BCUT2D eigenvalue weighted by molar-refractivity contribution is -0.0502. The number of hydrogen-bond donors (Lipinski definition) is 1. The Kier molecular flexibility index (Phi) is 16.5. The summed E-state index contributed by atoms with van der Waals surface area (Å²) < 4.78 is 11.4. The normalized spacial score (nSPS) is 12.4. The lowest BCUT2D eigenvalue weighted by Crippen LogP contribution is -2.24. The fourth-order valence-electron chi connectivity index (χ4n) is 3.20. The second-order valence-corrected chi connectivity index (χ2v) is 7.57. The topological polar surface area (TPSA) is 38.7 Å². The van der Waals surface area contributed by atoms with Crippen LogP contribution < -0.4 is 0 Å². The second-order valence-electron chi connectivity index (χ2n) is 7.57. The molecule has 1 N–H and O–H groups in total. The molecule has 0 aliphatic rings. The molecule has 0 saturated carbocycles. The van der Waals surface area contributed by atoms with Crippen LogP contribution in [0.15, 0.2) is 30.3 Å². The van der Waals surface area contributed by atoms with Crippen LogP contribution in [-0.2, 0) is 16.1 Å². The number of benzene rings is 1. The van der Waals surface area contributed by atoms with E-state index in [0.29, 0.717) is 13.2 Å². The smallest absolute Gasteiger partial charge is 0.104 e. The van der Waals surface area contributed by atoms with Crippen molar-refractivity contribution in [2.24, 2.45) is 0 Å². The number of rotatable bonds is 19. The van der Waals surface area contributed by atoms with Crippen molar-refractivity contribution in [1.82, 2.24) is 0 Å². The maximum absolute atomic E-state index is 9.40. The summed E-state index contributed by atoms with van der Waals surface area (Å²) in [4.78, 5) is 0. The Hall–Kier alpha value is -0.900. The number of unbranched alkanes of at least 4 members (excludes halogenated alkanes) is 11. The van der Waals surface area contributed by atoms with Crippen molar-refractivity contribution in [3.8, 4) is 0 Å². The van der Waals surface area contributed by atoms with Gasteiger partial charge in [-0.05, 0) is 12.0 Å². The molecule has 0 aromatic heterocycles. The van der Waals surface area contributed by atoms with Gasteiger partial charge < -0.3 is 14.6 Å². The van der Waals surface area contributed by atoms with Gasteiger partial charge in [-0.2, -0.15) is 0 Å². The molecule has 3 nitrogen and oxygen atoms in total. The summed E-state index contributed by atoms with van der Waals surface area (Å²) in [6.07, 6.45) is 16.0. The van der Waals surface area contributed by atoms with E-state index in [1.165, 1.54) is 70.6 Å². The highest BCUT2D eigenvalue weighted by molar-refractivity contribution is 5.13. The summed E-state index contributed by atoms with van der Waals surface area (Å²) in [6.45, 7) is 4.04. The molecule has 156 valence electrons. The highest BCUT2D eigenvalue weighted by Gasteiger charge is 2.08. The zero-order chi connectivity index (χ0) is 19.4. The third-order valence-corrected chi connectivity index (χ3v) is 4.98. The lowest BCUT2D eigenvalue weighted by Gasteiger charge is -2.15. The average molecular weight is 379 g/mol. The third kappa shape index (κ3) is 14.8. The fourth-order valence-corrected chi connectivity index (χ4v) is 3.20. The van der Waals surface area contributed by atoms with Gasteiger partial charge >= 0.3 is 0 Å². The minimum absolute atomic E-state index is 0.00524. The van der Waals surface area contributed by atoms with Gasteiger partial charge in [0.05, 0.1) is 19.8 Å². The van der Waals surface area contributed by atoms with Crippen LogP contribution in [0.1, 0.15) is 89.5 Å². The summed E-state index contributed by atoms with van der Waals surface area (Å²) in [5.74, 6) is 0. The van der Waals surface area contributed by atoms with E-state index >= 15 is 0 Å². The molecule has 0 heterocycles. The molecule has 1 unspecified atom stereocenters. The third-order valence-electron chi connectivity index (χ3n) is 4.98. The van der Waals surface area contributed by atoms with E-state index in [2.05, 4.69) is 6.92 Å². The molecule has 0 radical (unpaired) electrons. The van der Waals surface area contributed by atoms with Crippen LogP contribution in [-0.4, -0.2) is 31.0 Å².